The summed E-state index contributed by atoms with van der Waals surface area (Å²) in [5.74, 6) is 1.13. The summed E-state index contributed by atoms with van der Waals surface area (Å²) in [5, 5.41) is 17.8. The highest BCUT2D eigenvalue weighted by atomic mass is 16.5. The van der Waals surface area contributed by atoms with Crippen LogP contribution >= 0.6 is 0 Å². The highest BCUT2D eigenvalue weighted by Gasteiger charge is 2.21. The highest BCUT2D eigenvalue weighted by Crippen LogP contribution is 2.44. The van der Waals surface area contributed by atoms with Crippen molar-refractivity contribution < 1.29 is 14.3 Å². The molecule has 0 aliphatic carbocycles. The van der Waals surface area contributed by atoms with E-state index in [1.165, 1.54) is 27.2 Å². The predicted molar refractivity (Wildman–Crippen MR) is 148 cm³/mol. The van der Waals surface area contributed by atoms with Crippen LogP contribution in [0, 0.1) is 0 Å². The number of ether oxygens (including phenoxy) is 1. The van der Waals surface area contributed by atoms with Crippen LogP contribution in [-0.2, 0) is 0 Å². The Morgan fingerprint density at radius 2 is 1.42 bits per heavy atom. The van der Waals surface area contributed by atoms with Gasteiger partial charge < -0.3 is 24.1 Å². The number of hydrogen-bond donors (Lipinski definition) is 1. The molecule has 36 heavy (non-hydrogen) atoms. The van der Waals surface area contributed by atoms with Crippen LogP contribution < -0.4 is 14.5 Å². The molecule has 5 aromatic carbocycles. The largest absolute Gasteiger partial charge is 0.508 e. The van der Waals surface area contributed by atoms with E-state index >= 15 is 0 Å². The van der Waals surface area contributed by atoms with Crippen molar-refractivity contribution in [1.82, 2.24) is 0 Å². The maximum absolute atomic E-state index is 9.61. The van der Waals surface area contributed by atoms with E-state index in [0.29, 0.717) is 5.75 Å². The second kappa shape index (κ2) is 8.09. The number of anilines is 2. The number of rotatable bonds is 3. The van der Waals surface area contributed by atoms with E-state index in [4.69, 9.17) is 9.15 Å². The average molecular weight is 475 g/mol. The fraction of sp³-hybridized carbons (Fsp3) is 0.161. The molecule has 1 fully saturated rings. The molecule has 178 valence electrons. The lowest BCUT2D eigenvalue weighted by Crippen LogP contribution is -2.46. The predicted octanol–water partition coefficient (Wildman–Crippen LogP) is 6.93. The van der Waals surface area contributed by atoms with Gasteiger partial charge in [0, 0.05) is 49.0 Å². The van der Waals surface area contributed by atoms with E-state index in [2.05, 4.69) is 58.3 Å². The first-order valence-corrected chi connectivity index (χ1v) is 12.3. The number of piperazine rings is 1. The Kier molecular flexibility index (Phi) is 4.71. The molecule has 0 radical (unpaired) electrons. The number of hydrogen-bond acceptors (Lipinski definition) is 5. The van der Waals surface area contributed by atoms with E-state index in [1.807, 2.05) is 18.2 Å². The van der Waals surface area contributed by atoms with Crippen molar-refractivity contribution in [3.63, 3.8) is 0 Å². The summed E-state index contributed by atoms with van der Waals surface area (Å²) in [6.07, 6.45) is 1.71. The Bertz CT molecular complexity index is 1750. The standard InChI is InChI=1S/C31H26N2O3/c1-35-28-12-17-36-31-25-11-8-22(33-15-13-32(14-16-33)21-6-9-23(34)10-7-21)19-26(25)29-24-5-3-2-4-20(24)18-27(29)30(28)31/h2-12,17-19,34H,13-16H2,1H3. The maximum atomic E-state index is 9.61. The molecule has 0 atom stereocenters. The summed E-state index contributed by atoms with van der Waals surface area (Å²) in [7, 11) is 1.72. The Labute approximate surface area is 208 Å². The van der Waals surface area contributed by atoms with Gasteiger partial charge in [-0.15, -0.1) is 0 Å². The molecule has 0 bridgehead atoms. The zero-order valence-corrected chi connectivity index (χ0v) is 20.1. The zero-order valence-electron chi connectivity index (χ0n) is 20.1. The Balaban J connectivity index is 1.36. The van der Waals surface area contributed by atoms with Crippen molar-refractivity contribution in [3.05, 3.63) is 85.1 Å². The Morgan fingerprint density at radius 1 is 0.694 bits per heavy atom. The van der Waals surface area contributed by atoms with Crippen molar-refractivity contribution >= 4 is 54.7 Å². The van der Waals surface area contributed by atoms with E-state index in [-0.39, 0.29) is 0 Å². The first-order valence-electron chi connectivity index (χ1n) is 12.3. The third-order valence-corrected chi connectivity index (χ3v) is 7.54. The summed E-state index contributed by atoms with van der Waals surface area (Å²) >= 11 is 0. The lowest BCUT2D eigenvalue weighted by atomic mass is 9.98. The normalized spacial score (nSPS) is 14.4. The van der Waals surface area contributed by atoms with Crippen molar-refractivity contribution in [3.8, 4) is 11.5 Å². The summed E-state index contributed by atoms with van der Waals surface area (Å²) in [4.78, 5) is 4.83. The molecular weight excluding hydrogens is 448 g/mol. The van der Waals surface area contributed by atoms with Crippen LogP contribution in [0.4, 0.5) is 11.4 Å². The van der Waals surface area contributed by atoms with Crippen molar-refractivity contribution in [2.75, 3.05) is 43.1 Å². The smallest absolute Gasteiger partial charge is 0.145 e. The number of fused-ring (bicyclic) bond motifs is 8. The van der Waals surface area contributed by atoms with Gasteiger partial charge in [0.05, 0.1) is 18.8 Å². The molecule has 1 N–H and O–H groups in total. The van der Waals surface area contributed by atoms with Crippen LogP contribution in [0.2, 0.25) is 0 Å². The molecule has 1 saturated heterocycles. The number of phenolic OH excluding ortho intramolecular Hbond substituents is 1. The fourth-order valence-electron chi connectivity index (χ4n) is 5.77. The summed E-state index contributed by atoms with van der Waals surface area (Å²) in [6.45, 7) is 3.73. The Hall–Kier alpha value is -4.38. The first kappa shape index (κ1) is 20.9. The van der Waals surface area contributed by atoms with Gasteiger partial charge in [0.2, 0.25) is 0 Å². The molecule has 7 rings (SSSR count). The van der Waals surface area contributed by atoms with Gasteiger partial charge in [0.15, 0.2) is 0 Å². The number of phenols is 1. The summed E-state index contributed by atoms with van der Waals surface area (Å²) < 4.78 is 11.9. The van der Waals surface area contributed by atoms with Gasteiger partial charge in [0.1, 0.15) is 17.1 Å². The minimum atomic E-state index is 0.303. The van der Waals surface area contributed by atoms with Gasteiger partial charge in [-0.2, -0.15) is 0 Å². The van der Waals surface area contributed by atoms with Crippen molar-refractivity contribution in [2.45, 2.75) is 0 Å². The lowest BCUT2D eigenvalue weighted by molar-refractivity contribution is 0.416. The minimum Gasteiger partial charge on any atom is -0.508 e. The lowest BCUT2D eigenvalue weighted by Gasteiger charge is -2.37. The van der Waals surface area contributed by atoms with E-state index in [1.54, 1.807) is 25.5 Å². The molecule has 6 aromatic rings. The van der Waals surface area contributed by atoms with E-state index < -0.39 is 0 Å². The van der Waals surface area contributed by atoms with Gasteiger partial charge >= 0.3 is 0 Å². The molecule has 0 unspecified atom stereocenters. The average Bonchev–Trinajstić information content (AvgIpc) is 3.33. The minimum absolute atomic E-state index is 0.303. The van der Waals surface area contributed by atoms with Gasteiger partial charge in [-0.25, -0.2) is 0 Å². The number of aromatic hydroxyl groups is 1. The number of methoxy groups -OCH3 is 1. The molecule has 5 heteroatoms. The highest BCUT2D eigenvalue weighted by molar-refractivity contribution is 6.33. The van der Waals surface area contributed by atoms with E-state index in [9.17, 15) is 5.11 Å². The second-order valence-corrected chi connectivity index (χ2v) is 9.43. The molecule has 1 aromatic heterocycles. The first-order chi connectivity index (χ1) is 17.7. The second-order valence-electron chi connectivity index (χ2n) is 9.43. The third-order valence-electron chi connectivity index (χ3n) is 7.54. The molecule has 0 saturated carbocycles. The fourth-order valence-corrected chi connectivity index (χ4v) is 5.77. The van der Waals surface area contributed by atoms with Crippen LogP contribution in [0.15, 0.2) is 89.5 Å². The molecule has 1 aliphatic heterocycles. The van der Waals surface area contributed by atoms with Crippen molar-refractivity contribution in [1.29, 1.82) is 0 Å². The van der Waals surface area contributed by atoms with Gasteiger partial charge in [-0.05, 0) is 75.5 Å². The maximum Gasteiger partial charge on any atom is 0.145 e. The molecule has 5 nitrogen and oxygen atoms in total. The van der Waals surface area contributed by atoms with Crippen LogP contribution in [-0.4, -0.2) is 38.4 Å². The van der Waals surface area contributed by atoms with Crippen LogP contribution in [0.25, 0.3) is 43.3 Å². The Morgan fingerprint density at radius 3 is 2.19 bits per heavy atom. The molecule has 2 heterocycles. The van der Waals surface area contributed by atoms with Crippen molar-refractivity contribution in [2.24, 2.45) is 0 Å². The van der Waals surface area contributed by atoms with E-state index in [0.717, 1.165) is 59.4 Å². The quantitative estimate of drug-likeness (QED) is 0.282. The summed E-state index contributed by atoms with van der Waals surface area (Å²) in [6, 6.07) is 27.0. The topological polar surface area (TPSA) is 49.1 Å². The van der Waals surface area contributed by atoms with Crippen LogP contribution in [0.3, 0.4) is 0 Å². The molecular formula is C31H26N2O3. The molecule has 0 amide bonds. The van der Waals surface area contributed by atoms with Gasteiger partial charge in [0.25, 0.3) is 0 Å². The van der Waals surface area contributed by atoms with Crippen LogP contribution in [0.5, 0.6) is 11.5 Å². The summed E-state index contributed by atoms with van der Waals surface area (Å²) in [5.41, 5.74) is 3.23. The van der Waals surface area contributed by atoms with Gasteiger partial charge in [-0.3, -0.25) is 0 Å². The SMILES string of the molecule is COc1ccoc2c3ccc(N4CCN(c5ccc(O)cc5)CC4)cc3c3c4ccccc4cc3c12. The van der Waals surface area contributed by atoms with Gasteiger partial charge in [-0.1, -0.05) is 24.3 Å². The number of nitrogens with zero attached hydrogens (tertiary/aromatic N) is 2. The third kappa shape index (κ3) is 3.16. The number of benzene rings is 4. The molecule has 1 aliphatic rings. The monoisotopic (exact) mass is 474 g/mol. The zero-order chi connectivity index (χ0) is 24.2. The van der Waals surface area contributed by atoms with Crippen LogP contribution in [0.1, 0.15) is 0 Å². The molecule has 0 spiro atoms.